The Morgan fingerprint density at radius 2 is 1.77 bits per heavy atom. The number of methoxy groups -OCH3 is 1. The van der Waals surface area contributed by atoms with Crippen molar-refractivity contribution in [2.75, 3.05) is 17.1 Å². The van der Waals surface area contributed by atoms with Gasteiger partial charge in [-0.05, 0) is 36.2 Å². The molecular formula is C20H24ClN3O5S. The fourth-order valence-corrected chi connectivity index (χ4v) is 4.20. The number of amides is 2. The minimum Gasteiger partial charge on any atom is -0.495 e. The maximum atomic E-state index is 12.9. The lowest BCUT2D eigenvalue weighted by molar-refractivity contribution is -0.126. The molecule has 0 aromatic heterocycles. The molecule has 0 heterocycles. The zero-order chi connectivity index (χ0) is 22.5. The Kier molecular flexibility index (Phi) is 7.69. The quantitative estimate of drug-likeness (QED) is 0.567. The molecule has 8 nitrogen and oxygen atoms in total. The van der Waals surface area contributed by atoms with Crippen LogP contribution in [-0.4, -0.2) is 33.4 Å². The molecule has 2 rings (SSSR count). The normalized spacial score (nSPS) is 12.2. The molecule has 2 amide bonds. The summed E-state index contributed by atoms with van der Waals surface area (Å²) in [5.41, 5.74) is 0.442. The van der Waals surface area contributed by atoms with Crippen LogP contribution in [0.25, 0.3) is 0 Å². The van der Waals surface area contributed by atoms with Crippen LogP contribution in [0.1, 0.15) is 20.8 Å². The molecule has 0 unspecified atom stereocenters. The number of halogens is 1. The SMILES string of the molecule is COc1ccc(NC(=O)[C@H](NC(C)=O)C(C)C)cc1S(=O)(=O)Nc1ccccc1Cl. The number of sulfonamides is 1. The number of anilines is 2. The topological polar surface area (TPSA) is 114 Å². The molecule has 10 heteroatoms. The second kappa shape index (κ2) is 9.82. The van der Waals surface area contributed by atoms with E-state index in [-0.39, 0.29) is 38.9 Å². The number of rotatable bonds is 8. The van der Waals surface area contributed by atoms with E-state index in [1.54, 1.807) is 32.0 Å². The third-order valence-corrected chi connectivity index (χ3v) is 5.86. The van der Waals surface area contributed by atoms with Crippen LogP contribution in [0, 0.1) is 5.92 Å². The van der Waals surface area contributed by atoms with Gasteiger partial charge in [-0.25, -0.2) is 8.42 Å². The molecule has 0 radical (unpaired) electrons. The van der Waals surface area contributed by atoms with Crippen LogP contribution in [0.5, 0.6) is 5.75 Å². The van der Waals surface area contributed by atoms with Crippen molar-refractivity contribution in [1.82, 2.24) is 5.32 Å². The van der Waals surface area contributed by atoms with E-state index >= 15 is 0 Å². The summed E-state index contributed by atoms with van der Waals surface area (Å²) >= 11 is 6.05. The molecule has 0 fully saturated rings. The third-order valence-electron chi connectivity index (χ3n) is 4.15. The molecule has 3 N–H and O–H groups in total. The standard InChI is InChI=1S/C20H24ClN3O5S/c1-12(2)19(22-13(3)25)20(26)23-14-9-10-17(29-4)18(11-14)30(27,28)24-16-8-6-5-7-15(16)21/h5-12,19,24H,1-4H3,(H,22,25)(H,23,26)/t19-/m1/s1. The Labute approximate surface area is 181 Å². The van der Waals surface area contributed by atoms with Crippen molar-refractivity contribution in [3.63, 3.8) is 0 Å². The van der Waals surface area contributed by atoms with E-state index < -0.39 is 22.0 Å². The molecular weight excluding hydrogens is 430 g/mol. The second-order valence-electron chi connectivity index (χ2n) is 6.86. The van der Waals surface area contributed by atoms with Crippen molar-refractivity contribution in [3.8, 4) is 5.75 Å². The molecule has 0 aliphatic rings. The fraction of sp³-hybridized carbons (Fsp3) is 0.300. The van der Waals surface area contributed by atoms with Gasteiger partial charge in [0.15, 0.2) is 0 Å². The zero-order valence-electron chi connectivity index (χ0n) is 17.0. The number of benzene rings is 2. The Morgan fingerprint density at radius 3 is 2.33 bits per heavy atom. The Hall–Kier alpha value is -2.78. The highest BCUT2D eigenvalue weighted by Gasteiger charge is 2.25. The van der Waals surface area contributed by atoms with Gasteiger partial charge in [0.1, 0.15) is 16.7 Å². The number of ether oxygens (including phenoxy) is 1. The first kappa shape index (κ1) is 23.5. The lowest BCUT2D eigenvalue weighted by Gasteiger charge is -2.21. The first-order valence-electron chi connectivity index (χ1n) is 9.08. The van der Waals surface area contributed by atoms with E-state index in [0.29, 0.717) is 0 Å². The van der Waals surface area contributed by atoms with E-state index in [0.717, 1.165) is 0 Å². The van der Waals surface area contributed by atoms with Crippen molar-refractivity contribution in [2.24, 2.45) is 5.92 Å². The van der Waals surface area contributed by atoms with Gasteiger partial charge in [0.2, 0.25) is 11.8 Å². The van der Waals surface area contributed by atoms with Gasteiger partial charge in [0.05, 0.1) is 17.8 Å². The van der Waals surface area contributed by atoms with Crippen LogP contribution in [0.2, 0.25) is 5.02 Å². The molecule has 0 bridgehead atoms. The van der Waals surface area contributed by atoms with Gasteiger partial charge < -0.3 is 15.4 Å². The average molecular weight is 454 g/mol. The number of carbonyl (C=O) groups excluding carboxylic acids is 2. The average Bonchev–Trinajstić information content (AvgIpc) is 2.67. The lowest BCUT2D eigenvalue weighted by Crippen LogP contribution is -2.46. The van der Waals surface area contributed by atoms with E-state index in [9.17, 15) is 18.0 Å². The molecule has 162 valence electrons. The molecule has 0 saturated carbocycles. The first-order valence-corrected chi connectivity index (χ1v) is 10.9. The van der Waals surface area contributed by atoms with E-state index in [4.69, 9.17) is 16.3 Å². The maximum absolute atomic E-state index is 12.9. The van der Waals surface area contributed by atoms with Crippen molar-refractivity contribution in [2.45, 2.75) is 31.7 Å². The molecule has 2 aromatic carbocycles. The van der Waals surface area contributed by atoms with Crippen LogP contribution >= 0.6 is 11.6 Å². The highest BCUT2D eigenvalue weighted by Crippen LogP contribution is 2.31. The minimum absolute atomic E-state index is 0.0924. The summed E-state index contributed by atoms with van der Waals surface area (Å²) in [5, 5.41) is 5.46. The van der Waals surface area contributed by atoms with Crippen molar-refractivity contribution >= 4 is 44.8 Å². The Morgan fingerprint density at radius 1 is 1.10 bits per heavy atom. The Balaban J connectivity index is 2.36. The van der Waals surface area contributed by atoms with Crippen molar-refractivity contribution in [3.05, 3.63) is 47.5 Å². The first-order chi connectivity index (χ1) is 14.0. The van der Waals surface area contributed by atoms with Gasteiger partial charge in [-0.1, -0.05) is 37.6 Å². The summed E-state index contributed by atoms with van der Waals surface area (Å²) in [5.74, 6) is -0.884. The van der Waals surface area contributed by atoms with Crippen LogP contribution < -0.4 is 20.1 Å². The number of hydrogen-bond acceptors (Lipinski definition) is 5. The second-order valence-corrected chi connectivity index (χ2v) is 8.92. The molecule has 0 aliphatic carbocycles. The maximum Gasteiger partial charge on any atom is 0.265 e. The molecule has 0 aliphatic heterocycles. The largest absolute Gasteiger partial charge is 0.495 e. The third kappa shape index (κ3) is 5.87. The molecule has 1 atom stereocenters. The predicted molar refractivity (Wildman–Crippen MR) is 116 cm³/mol. The summed E-state index contributed by atoms with van der Waals surface area (Å²) < 4.78 is 33.5. The smallest absolute Gasteiger partial charge is 0.265 e. The van der Waals surface area contributed by atoms with E-state index in [1.807, 2.05) is 0 Å². The van der Waals surface area contributed by atoms with Gasteiger partial charge in [-0.15, -0.1) is 0 Å². The van der Waals surface area contributed by atoms with Crippen molar-refractivity contribution < 1.29 is 22.7 Å². The molecule has 30 heavy (non-hydrogen) atoms. The molecule has 0 saturated heterocycles. The van der Waals surface area contributed by atoms with Gasteiger partial charge >= 0.3 is 0 Å². The highest BCUT2D eigenvalue weighted by atomic mass is 35.5. The van der Waals surface area contributed by atoms with Gasteiger partial charge in [0.25, 0.3) is 10.0 Å². The lowest BCUT2D eigenvalue weighted by atomic mass is 10.0. The van der Waals surface area contributed by atoms with Gasteiger partial charge in [0, 0.05) is 12.6 Å². The van der Waals surface area contributed by atoms with Gasteiger partial charge in [-0.2, -0.15) is 0 Å². The molecule has 0 spiro atoms. The van der Waals surface area contributed by atoms with Crippen LogP contribution in [-0.2, 0) is 19.6 Å². The van der Waals surface area contributed by atoms with E-state index in [2.05, 4.69) is 15.4 Å². The highest BCUT2D eigenvalue weighted by molar-refractivity contribution is 7.92. The predicted octanol–water partition coefficient (Wildman–Crippen LogP) is 3.25. The minimum atomic E-state index is -4.07. The number of carbonyl (C=O) groups is 2. The summed E-state index contributed by atoms with van der Waals surface area (Å²) in [6.07, 6.45) is 0. The summed E-state index contributed by atoms with van der Waals surface area (Å²) in [6, 6.07) is 9.85. The van der Waals surface area contributed by atoms with E-state index in [1.165, 1.54) is 38.3 Å². The van der Waals surface area contributed by atoms with Crippen LogP contribution in [0.3, 0.4) is 0 Å². The summed E-state index contributed by atoms with van der Waals surface area (Å²) in [7, 11) is -2.73. The van der Waals surface area contributed by atoms with Gasteiger partial charge in [-0.3, -0.25) is 14.3 Å². The molecule has 2 aromatic rings. The summed E-state index contributed by atoms with van der Waals surface area (Å²) in [6.45, 7) is 4.90. The number of nitrogens with one attached hydrogen (secondary N) is 3. The van der Waals surface area contributed by atoms with Crippen molar-refractivity contribution in [1.29, 1.82) is 0 Å². The van der Waals surface area contributed by atoms with Crippen LogP contribution in [0.15, 0.2) is 47.4 Å². The number of para-hydroxylation sites is 1. The fourth-order valence-electron chi connectivity index (χ4n) is 2.68. The summed E-state index contributed by atoms with van der Waals surface area (Å²) in [4.78, 5) is 23.8. The monoisotopic (exact) mass is 453 g/mol. The zero-order valence-corrected chi connectivity index (χ0v) is 18.6. The van der Waals surface area contributed by atoms with Crippen LogP contribution in [0.4, 0.5) is 11.4 Å². The Bertz CT molecular complexity index is 1040. The number of hydrogen-bond donors (Lipinski definition) is 3.